The summed E-state index contributed by atoms with van der Waals surface area (Å²) >= 11 is 0. The Morgan fingerprint density at radius 2 is 1.70 bits per heavy atom. The molecule has 1 aromatic heterocycles. The number of fused-ring (bicyclic) bond motifs is 1. The number of H-pyrrole nitrogens is 1. The summed E-state index contributed by atoms with van der Waals surface area (Å²) in [7, 11) is 0. The van der Waals surface area contributed by atoms with Gasteiger partial charge in [-0.2, -0.15) is 0 Å². The van der Waals surface area contributed by atoms with Crippen LogP contribution in [0.25, 0.3) is 10.9 Å². The number of benzene rings is 2. The van der Waals surface area contributed by atoms with Gasteiger partial charge in [0.25, 0.3) is 0 Å². The summed E-state index contributed by atoms with van der Waals surface area (Å²) in [6.07, 6.45) is 2.01. The molecular formula is C18H21NO. The standard InChI is InChI=1S/C16H15NO.C2H6/c1-12-10-17-16-14(12)8-5-9-15(16)18-11-13-6-3-2-4-7-13;1-2/h2-10,17H,11H2,1H3;1-2H3. The van der Waals surface area contributed by atoms with Crippen LogP contribution in [-0.2, 0) is 6.61 Å². The van der Waals surface area contributed by atoms with Crippen molar-refractivity contribution in [3.8, 4) is 5.75 Å². The van der Waals surface area contributed by atoms with Gasteiger partial charge >= 0.3 is 0 Å². The van der Waals surface area contributed by atoms with Gasteiger partial charge in [-0.15, -0.1) is 0 Å². The van der Waals surface area contributed by atoms with Crippen LogP contribution in [0.2, 0.25) is 0 Å². The summed E-state index contributed by atoms with van der Waals surface area (Å²) in [6.45, 7) is 6.69. The predicted octanol–water partition coefficient (Wildman–Crippen LogP) is 5.08. The fourth-order valence-electron chi connectivity index (χ4n) is 2.12. The van der Waals surface area contributed by atoms with Crippen LogP contribution in [0.1, 0.15) is 25.0 Å². The molecule has 3 rings (SSSR count). The molecule has 0 aliphatic heterocycles. The number of aromatic amines is 1. The number of ether oxygens (including phenoxy) is 1. The number of rotatable bonds is 3. The van der Waals surface area contributed by atoms with Crippen LogP contribution in [0.15, 0.2) is 54.7 Å². The molecule has 0 saturated heterocycles. The second-order valence-corrected chi connectivity index (χ2v) is 4.42. The molecule has 20 heavy (non-hydrogen) atoms. The van der Waals surface area contributed by atoms with Crippen LogP contribution in [0.5, 0.6) is 5.75 Å². The first-order chi connectivity index (χ1) is 9.84. The first-order valence-corrected chi connectivity index (χ1v) is 7.08. The third kappa shape index (κ3) is 3.02. The number of hydrogen-bond acceptors (Lipinski definition) is 1. The normalized spacial score (nSPS) is 9.95. The first kappa shape index (κ1) is 14.2. The van der Waals surface area contributed by atoms with Crippen LogP contribution in [0.4, 0.5) is 0 Å². The van der Waals surface area contributed by atoms with Crippen molar-refractivity contribution in [2.24, 2.45) is 0 Å². The van der Waals surface area contributed by atoms with Crippen molar-refractivity contribution in [2.75, 3.05) is 0 Å². The van der Waals surface area contributed by atoms with E-state index < -0.39 is 0 Å². The van der Waals surface area contributed by atoms with E-state index in [2.05, 4.69) is 30.1 Å². The Hall–Kier alpha value is -2.22. The Labute approximate surface area is 120 Å². The summed E-state index contributed by atoms with van der Waals surface area (Å²) in [4.78, 5) is 3.27. The Morgan fingerprint density at radius 3 is 2.45 bits per heavy atom. The molecule has 0 aliphatic rings. The maximum atomic E-state index is 5.89. The minimum atomic E-state index is 0.595. The van der Waals surface area contributed by atoms with Crippen LogP contribution in [0, 0.1) is 6.92 Å². The van der Waals surface area contributed by atoms with Gasteiger partial charge in [0.15, 0.2) is 0 Å². The highest BCUT2D eigenvalue weighted by Gasteiger charge is 2.05. The zero-order chi connectivity index (χ0) is 14.4. The van der Waals surface area contributed by atoms with Crippen LogP contribution >= 0.6 is 0 Å². The molecule has 2 nitrogen and oxygen atoms in total. The highest BCUT2D eigenvalue weighted by Crippen LogP contribution is 2.27. The number of aryl methyl sites for hydroxylation is 1. The Bertz CT molecular complexity index is 655. The van der Waals surface area contributed by atoms with Crippen LogP contribution < -0.4 is 4.74 Å². The molecule has 0 aliphatic carbocycles. The van der Waals surface area contributed by atoms with Gasteiger partial charge in [0.1, 0.15) is 12.4 Å². The molecule has 0 fully saturated rings. The number of aromatic nitrogens is 1. The molecule has 0 radical (unpaired) electrons. The lowest BCUT2D eigenvalue weighted by molar-refractivity contribution is 0.309. The smallest absolute Gasteiger partial charge is 0.143 e. The summed E-state index contributed by atoms with van der Waals surface area (Å²) in [6, 6.07) is 16.3. The van der Waals surface area contributed by atoms with Crippen molar-refractivity contribution in [1.29, 1.82) is 0 Å². The maximum absolute atomic E-state index is 5.89. The maximum Gasteiger partial charge on any atom is 0.143 e. The first-order valence-electron chi connectivity index (χ1n) is 7.08. The van der Waals surface area contributed by atoms with E-state index in [1.807, 2.05) is 50.4 Å². The highest BCUT2D eigenvalue weighted by molar-refractivity contribution is 5.88. The molecule has 0 spiro atoms. The second kappa shape index (κ2) is 6.80. The third-order valence-corrected chi connectivity index (χ3v) is 3.12. The predicted molar refractivity (Wildman–Crippen MR) is 85.2 cm³/mol. The van der Waals surface area contributed by atoms with Crippen molar-refractivity contribution >= 4 is 10.9 Å². The molecule has 3 aromatic rings. The van der Waals surface area contributed by atoms with E-state index in [0.717, 1.165) is 11.3 Å². The van der Waals surface area contributed by atoms with E-state index in [1.54, 1.807) is 0 Å². The molecule has 0 saturated carbocycles. The van der Waals surface area contributed by atoms with E-state index in [-0.39, 0.29) is 0 Å². The lowest BCUT2D eigenvalue weighted by Gasteiger charge is -2.07. The molecule has 0 unspecified atom stereocenters. The van der Waals surface area contributed by atoms with Gasteiger partial charge in [-0.25, -0.2) is 0 Å². The minimum Gasteiger partial charge on any atom is -0.487 e. The monoisotopic (exact) mass is 267 g/mol. The van der Waals surface area contributed by atoms with Gasteiger partial charge in [-0.1, -0.05) is 56.3 Å². The van der Waals surface area contributed by atoms with Gasteiger partial charge in [0.05, 0.1) is 5.52 Å². The number of nitrogens with one attached hydrogen (secondary N) is 1. The van der Waals surface area contributed by atoms with Crippen molar-refractivity contribution in [1.82, 2.24) is 4.98 Å². The molecule has 2 aromatic carbocycles. The highest BCUT2D eigenvalue weighted by atomic mass is 16.5. The van der Waals surface area contributed by atoms with Crippen molar-refractivity contribution in [3.05, 3.63) is 65.9 Å². The fourth-order valence-corrected chi connectivity index (χ4v) is 2.12. The topological polar surface area (TPSA) is 25.0 Å². The number of para-hydroxylation sites is 1. The average molecular weight is 267 g/mol. The second-order valence-electron chi connectivity index (χ2n) is 4.42. The Morgan fingerprint density at radius 1 is 0.950 bits per heavy atom. The molecule has 0 bridgehead atoms. The van der Waals surface area contributed by atoms with Gasteiger partial charge in [-0.3, -0.25) is 0 Å². The van der Waals surface area contributed by atoms with E-state index in [9.17, 15) is 0 Å². The zero-order valence-electron chi connectivity index (χ0n) is 12.3. The van der Waals surface area contributed by atoms with E-state index in [1.165, 1.54) is 16.5 Å². The molecular weight excluding hydrogens is 246 g/mol. The lowest BCUT2D eigenvalue weighted by atomic mass is 10.2. The molecule has 2 heteroatoms. The van der Waals surface area contributed by atoms with Crippen molar-refractivity contribution in [3.63, 3.8) is 0 Å². The largest absolute Gasteiger partial charge is 0.487 e. The van der Waals surface area contributed by atoms with Crippen molar-refractivity contribution < 1.29 is 4.74 Å². The summed E-state index contributed by atoms with van der Waals surface area (Å²) in [5.74, 6) is 0.907. The van der Waals surface area contributed by atoms with Crippen LogP contribution in [-0.4, -0.2) is 4.98 Å². The molecule has 0 amide bonds. The quantitative estimate of drug-likeness (QED) is 0.703. The fraction of sp³-hybridized carbons (Fsp3) is 0.222. The lowest BCUT2D eigenvalue weighted by Crippen LogP contribution is -1.95. The molecule has 1 N–H and O–H groups in total. The molecule has 1 heterocycles. The minimum absolute atomic E-state index is 0.595. The van der Waals surface area contributed by atoms with Gasteiger partial charge < -0.3 is 9.72 Å². The third-order valence-electron chi connectivity index (χ3n) is 3.12. The molecule has 104 valence electrons. The zero-order valence-corrected chi connectivity index (χ0v) is 12.3. The van der Waals surface area contributed by atoms with Crippen LogP contribution in [0.3, 0.4) is 0 Å². The summed E-state index contributed by atoms with van der Waals surface area (Å²) in [5.41, 5.74) is 3.50. The van der Waals surface area contributed by atoms with E-state index in [4.69, 9.17) is 4.74 Å². The van der Waals surface area contributed by atoms with E-state index in [0.29, 0.717) is 6.61 Å². The van der Waals surface area contributed by atoms with E-state index >= 15 is 0 Å². The summed E-state index contributed by atoms with van der Waals surface area (Å²) in [5, 5.41) is 1.22. The Kier molecular flexibility index (Phi) is 4.83. The Balaban J connectivity index is 0.000000704. The SMILES string of the molecule is CC.Cc1c[nH]c2c(OCc3ccccc3)cccc12. The number of hydrogen-bond donors (Lipinski definition) is 1. The molecule has 0 atom stereocenters. The average Bonchev–Trinajstić information content (AvgIpc) is 2.90. The van der Waals surface area contributed by atoms with Gasteiger partial charge in [0.2, 0.25) is 0 Å². The van der Waals surface area contributed by atoms with Crippen molar-refractivity contribution in [2.45, 2.75) is 27.4 Å². The summed E-state index contributed by atoms with van der Waals surface area (Å²) < 4.78 is 5.89. The van der Waals surface area contributed by atoms with Gasteiger partial charge in [0, 0.05) is 11.6 Å². The van der Waals surface area contributed by atoms with Gasteiger partial charge in [-0.05, 0) is 24.1 Å².